The quantitative estimate of drug-likeness (QED) is 0.128. The normalized spacial score (nSPS) is 10.2. The zero-order valence-corrected chi connectivity index (χ0v) is 24.7. The third-order valence-electron chi connectivity index (χ3n) is 3.60. The number of rotatable bonds is 6. The standard InChI is InChI=1S/C9H13N3O4.C9H15N3O2.C3H3N3O2.CH3.Pd/c1-9(2,3)16-8(13)6-11-5-7(4-10-11)12(14)15;1-9(2,3)14-8(13)6-12-5-7(10)4-11-12;7-6(8)3-1-4-5-2-3;;/h4-5H,6H2,1-3H3;4-5H,6,10H2,1-3H3;1-2H,(H,4,5);1H3;/q;;;-1;. The van der Waals surface area contributed by atoms with Crippen molar-refractivity contribution in [3.63, 3.8) is 0 Å². The molecule has 0 spiro atoms. The SMILES string of the molecule is CC(C)(C)OC(=O)Cn1cc(N)cn1.CC(C)(C)OC(=O)Cn1cc([N+](=O)[O-])cn1.O=[N+]([O-])c1cn[nH]c1.[CH3-].[Pd]. The topological polar surface area (TPSA) is 229 Å². The Kier molecular flexibility index (Phi) is 15.9. The fourth-order valence-electron chi connectivity index (χ4n) is 2.36. The van der Waals surface area contributed by atoms with E-state index in [-0.39, 0.29) is 58.3 Å². The summed E-state index contributed by atoms with van der Waals surface area (Å²) in [6.45, 7) is 10.7. The zero-order chi connectivity index (χ0) is 29.1. The Balaban J connectivity index is 0. The third-order valence-corrected chi connectivity index (χ3v) is 3.60. The van der Waals surface area contributed by atoms with Crippen LogP contribution in [0.15, 0.2) is 37.2 Å². The summed E-state index contributed by atoms with van der Waals surface area (Å²) in [6, 6.07) is 0. The number of ether oxygens (including phenoxy) is 2. The van der Waals surface area contributed by atoms with Crippen LogP contribution in [0.5, 0.6) is 0 Å². The van der Waals surface area contributed by atoms with Gasteiger partial charge in [0.05, 0.1) is 27.9 Å². The first-order chi connectivity index (χ1) is 17.4. The van der Waals surface area contributed by atoms with Crippen LogP contribution in [0.3, 0.4) is 0 Å². The second kappa shape index (κ2) is 16.7. The fourth-order valence-corrected chi connectivity index (χ4v) is 2.36. The molecule has 0 amide bonds. The van der Waals surface area contributed by atoms with E-state index in [9.17, 15) is 29.8 Å². The summed E-state index contributed by atoms with van der Waals surface area (Å²) in [5.41, 5.74) is 4.79. The molecule has 17 nitrogen and oxygen atoms in total. The molecule has 40 heavy (non-hydrogen) atoms. The number of carbonyl (C=O) groups is 2. The molecule has 0 aliphatic heterocycles. The smallest absolute Gasteiger partial charge is 0.328 e. The predicted molar refractivity (Wildman–Crippen MR) is 139 cm³/mol. The van der Waals surface area contributed by atoms with Gasteiger partial charge < -0.3 is 22.6 Å². The predicted octanol–water partition coefficient (Wildman–Crippen LogP) is 2.71. The molecule has 3 aromatic heterocycles. The summed E-state index contributed by atoms with van der Waals surface area (Å²) in [6.07, 6.45) is 7.72. The second-order valence-electron chi connectivity index (χ2n) is 9.51. The van der Waals surface area contributed by atoms with Crippen molar-refractivity contribution in [2.24, 2.45) is 0 Å². The molecule has 18 heteroatoms. The number of H-pyrrole nitrogens is 1. The number of anilines is 1. The summed E-state index contributed by atoms with van der Waals surface area (Å²) < 4.78 is 12.8. The van der Waals surface area contributed by atoms with Gasteiger partial charge in [-0.15, -0.1) is 0 Å². The maximum absolute atomic E-state index is 11.4. The van der Waals surface area contributed by atoms with Crippen LogP contribution < -0.4 is 5.73 Å². The van der Waals surface area contributed by atoms with Gasteiger partial charge in [0, 0.05) is 26.6 Å². The number of aromatic nitrogens is 6. The number of esters is 2. The van der Waals surface area contributed by atoms with E-state index in [1.54, 1.807) is 27.0 Å². The molecule has 0 aliphatic carbocycles. The van der Waals surface area contributed by atoms with Crippen LogP contribution in [0.1, 0.15) is 41.5 Å². The van der Waals surface area contributed by atoms with Crippen molar-refractivity contribution in [2.45, 2.75) is 65.8 Å². The van der Waals surface area contributed by atoms with Crippen LogP contribution in [-0.2, 0) is 52.6 Å². The van der Waals surface area contributed by atoms with Crippen LogP contribution >= 0.6 is 0 Å². The molecule has 3 aromatic rings. The monoisotopic (exact) mass is 658 g/mol. The van der Waals surface area contributed by atoms with Crippen molar-refractivity contribution in [3.8, 4) is 0 Å². The van der Waals surface area contributed by atoms with Gasteiger partial charge in [-0.2, -0.15) is 15.3 Å². The molecule has 0 aliphatic rings. The Morgan fingerprint density at radius 1 is 0.875 bits per heavy atom. The van der Waals surface area contributed by atoms with Crippen molar-refractivity contribution in [2.75, 3.05) is 5.73 Å². The van der Waals surface area contributed by atoms with Crippen molar-refractivity contribution in [3.05, 3.63) is 64.8 Å². The van der Waals surface area contributed by atoms with Gasteiger partial charge in [-0.05, 0) is 41.5 Å². The van der Waals surface area contributed by atoms with Gasteiger partial charge in [-0.25, -0.2) is 0 Å². The zero-order valence-electron chi connectivity index (χ0n) is 23.2. The van der Waals surface area contributed by atoms with Crippen molar-refractivity contribution >= 4 is 29.0 Å². The first-order valence-electron chi connectivity index (χ1n) is 11.0. The van der Waals surface area contributed by atoms with Gasteiger partial charge in [0.1, 0.15) is 42.9 Å². The number of nitro groups is 2. The number of hydrogen-bond donors (Lipinski definition) is 2. The number of nitrogens with zero attached hydrogens (tertiary/aromatic N) is 7. The van der Waals surface area contributed by atoms with Crippen LogP contribution in [-0.4, -0.2) is 62.7 Å². The maximum atomic E-state index is 11.4. The van der Waals surface area contributed by atoms with Crippen LogP contribution in [0.2, 0.25) is 0 Å². The van der Waals surface area contributed by atoms with Gasteiger partial charge in [0.15, 0.2) is 0 Å². The van der Waals surface area contributed by atoms with Crippen molar-refractivity contribution in [1.82, 2.24) is 29.8 Å². The van der Waals surface area contributed by atoms with E-state index < -0.39 is 27.0 Å². The average Bonchev–Trinajstić information content (AvgIpc) is 3.48. The second-order valence-corrected chi connectivity index (χ2v) is 9.51. The number of carbonyl (C=O) groups excluding carboxylic acids is 2. The molecule has 0 saturated carbocycles. The molecule has 3 heterocycles. The van der Waals surface area contributed by atoms with Gasteiger partial charge >= 0.3 is 23.3 Å². The van der Waals surface area contributed by atoms with Crippen molar-refractivity contribution < 1.29 is 49.3 Å². The molecule has 3 rings (SSSR count). The Labute approximate surface area is 244 Å². The van der Waals surface area contributed by atoms with Gasteiger partial charge in [-0.3, -0.25) is 44.3 Å². The Bertz CT molecular complexity index is 1210. The van der Waals surface area contributed by atoms with E-state index in [0.717, 1.165) is 12.4 Å². The maximum Gasteiger partial charge on any atom is 0.328 e. The molecule has 0 radical (unpaired) electrons. The molecule has 3 N–H and O–H groups in total. The van der Waals surface area contributed by atoms with Crippen LogP contribution in [0, 0.1) is 27.7 Å². The van der Waals surface area contributed by atoms with E-state index in [4.69, 9.17) is 15.2 Å². The van der Waals surface area contributed by atoms with Crippen molar-refractivity contribution in [1.29, 1.82) is 0 Å². The molecule has 0 aromatic carbocycles. The summed E-state index contributed by atoms with van der Waals surface area (Å²) >= 11 is 0. The summed E-state index contributed by atoms with van der Waals surface area (Å²) in [7, 11) is 0. The van der Waals surface area contributed by atoms with Gasteiger partial charge in [0.25, 0.3) is 0 Å². The number of nitrogens with one attached hydrogen (secondary N) is 1. The van der Waals surface area contributed by atoms with E-state index in [1.165, 1.54) is 28.0 Å². The first kappa shape index (κ1) is 38.0. The number of nitrogens with two attached hydrogens (primary N) is 1. The van der Waals surface area contributed by atoms with E-state index in [2.05, 4.69) is 20.4 Å². The van der Waals surface area contributed by atoms with Crippen LogP contribution in [0.4, 0.5) is 17.1 Å². The minimum Gasteiger partial charge on any atom is -0.459 e. The molecule has 0 fully saturated rings. The van der Waals surface area contributed by atoms with E-state index in [1.807, 2.05) is 20.8 Å². The molecule has 226 valence electrons. The molecule has 0 unspecified atom stereocenters. The van der Waals surface area contributed by atoms with E-state index >= 15 is 0 Å². The Morgan fingerprint density at radius 2 is 1.32 bits per heavy atom. The summed E-state index contributed by atoms with van der Waals surface area (Å²) in [5, 5.41) is 33.4. The Hall–Kier alpha value is -4.17. The average molecular weight is 659 g/mol. The summed E-state index contributed by atoms with van der Waals surface area (Å²) in [4.78, 5) is 41.8. The fraction of sp³-hybridized carbons (Fsp3) is 0.455. The molecule has 0 saturated heterocycles. The molecular formula is C22H34N9O8Pd-. The number of hydrogen-bond acceptors (Lipinski definition) is 12. The Morgan fingerprint density at radius 3 is 1.62 bits per heavy atom. The molecular weight excluding hydrogens is 625 g/mol. The van der Waals surface area contributed by atoms with Gasteiger partial charge in [0.2, 0.25) is 0 Å². The number of nitrogen functional groups attached to an aromatic ring is 1. The summed E-state index contributed by atoms with van der Waals surface area (Å²) in [5.74, 6) is -0.800. The van der Waals surface area contributed by atoms with Gasteiger partial charge in [-0.1, -0.05) is 0 Å². The molecule has 0 atom stereocenters. The third kappa shape index (κ3) is 16.6. The first-order valence-corrected chi connectivity index (χ1v) is 11.0. The largest absolute Gasteiger partial charge is 0.459 e. The minimum absolute atomic E-state index is 0. The molecule has 0 bridgehead atoms. The van der Waals surface area contributed by atoms with Crippen LogP contribution in [0.25, 0.3) is 0 Å². The number of aromatic amines is 1. The van der Waals surface area contributed by atoms with E-state index in [0.29, 0.717) is 5.69 Å². The minimum atomic E-state index is -0.573.